The van der Waals surface area contributed by atoms with Crippen molar-refractivity contribution < 1.29 is 27.4 Å². The molecule has 5 aromatic rings. The van der Waals surface area contributed by atoms with Crippen LogP contribution in [-0.2, 0) is 10.0 Å². The highest BCUT2D eigenvalue weighted by atomic mass is 32.2. The monoisotopic (exact) mass is 915 g/mol. The van der Waals surface area contributed by atoms with E-state index in [2.05, 4.69) is 79.0 Å². The lowest BCUT2D eigenvalue weighted by Crippen LogP contribution is -2.63. The third kappa shape index (κ3) is 9.15. The number of hydrogen-bond donors (Lipinski definition) is 4. The maximum atomic E-state index is 14.8. The molecule has 66 heavy (non-hydrogen) atoms. The molecule has 2 aliphatic heterocycles. The fourth-order valence-electron chi connectivity index (χ4n) is 10.9. The number of anilines is 2. The van der Waals surface area contributed by atoms with Crippen molar-refractivity contribution in [3.05, 3.63) is 106 Å². The number of hydrogen-bond acceptors (Lipinski definition) is 11. The van der Waals surface area contributed by atoms with Crippen LogP contribution in [0.3, 0.4) is 0 Å². The van der Waals surface area contributed by atoms with Crippen molar-refractivity contribution in [1.82, 2.24) is 19.6 Å². The van der Waals surface area contributed by atoms with Crippen molar-refractivity contribution in [1.29, 1.82) is 0 Å². The number of aliphatic hydroxyl groups is 1. The van der Waals surface area contributed by atoms with Gasteiger partial charge in [-0.3, -0.25) is 9.69 Å². The van der Waals surface area contributed by atoms with Crippen molar-refractivity contribution >= 4 is 44.0 Å². The molecule has 4 fully saturated rings. The molecule has 1 amide bonds. The number of aromatic nitrogens is 2. The van der Waals surface area contributed by atoms with Crippen LogP contribution in [0.2, 0.25) is 0 Å². The first-order chi connectivity index (χ1) is 31.6. The predicted octanol–water partition coefficient (Wildman–Crippen LogP) is 9.71. The van der Waals surface area contributed by atoms with E-state index in [1.54, 1.807) is 12.1 Å². The van der Waals surface area contributed by atoms with Crippen molar-refractivity contribution in [2.75, 3.05) is 42.9 Å². The highest BCUT2D eigenvalue weighted by Gasteiger charge is 2.49. The van der Waals surface area contributed by atoms with Crippen LogP contribution in [0.25, 0.3) is 11.0 Å². The number of sulfonamides is 1. The summed E-state index contributed by atoms with van der Waals surface area (Å²) in [7, 11) is -4.53. The molecule has 346 valence electrons. The summed E-state index contributed by atoms with van der Waals surface area (Å²) >= 11 is 0. The number of carbonyl (C=O) groups excluding carboxylic acids is 1. The van der Waals surface area contributed by atoms with Gasteiger partial charge in [0, 0.05) is 56.7 Å². The number of aromatic amines is 1. The van der Waals surface area contributed by atoms with E-state index in [4.69, 9.17) is 11.2 Å². The second-order valence-electron chi connectivity index (χ2n) is 19.6. The van der Waals surface area contributed by atoms with E-state index < -0.39 is 27.3 Å². The van der Waals surface area contributed by atoms with Crippen molar-refractivity contribution in [3.63, 3.8) is 0 Å². The van der Waals surface area contributed by atoms with Gasteiger partial charge in [-0.25, -0.2) is 22.5 Å². The number of amides is 1. The van der Waals surface area contributed by atoms with Gasteiger partial charge in [-0.1, -0.05) is 44.5 Å². The van der Waals surface area contributed by atoms with Crippen LogP contribution in [0.1, 0.15) is 118 Å². The molecule has 2 aromatic heterocycles. The molecule has 0 radical (unpaired) electrons. The molecule has 2 saturated carbocycles. The van der Waals surface area contributed by atoms with Gasteiger partial charge in [0.25, 0.3) is 15.9 Å². The Morgan fingerprint density at radius 3 is 2.52 bits per heavy atom. The zero-order valence-electron chi connectivity index (χ0n) is 37.8. The lowest BCUT2D eigenvalue weighted by molar-refractivity contribution is -0.0493. The van der Waals surface area contributed by atoms with Crippen LogP contribution in [0.5, 0.6) is 11.5 Å². The fourth-order valence-corrected chi connectivity index (χ4v) is 11.9. The minimum atomic E-state index is -4.53. The quantitative estimate of drug-likeness (QED) is 0.0659. The number of benzene rings is 3. The Kier molecular flexibility index (Phi) is 12.4. The molecule has 0 bridgehead atoms. The van der Waals surface area contributed by atoms with Crippen LogP contribution in [0, 0.1) is 34.4 Å². The summed E-state index contributed by atoms with van der Waals surface area (Å²) in [4.78, 5) is 37.7. The summed E-state index contributed by atoms with van der Waals surface area (Å²) in [6.07, 6.45) is 15.6. The molecular formula is C51H58FN7O6S. The van der Waals surface area contributed by atoms with Crippen molar-refractivity contribution in [2.45, 2.75) is 107 Å². The van der Waals surface area contributed by atoms with E-state index in [0.29, 0.717) is 43.0 Å². The Bertz CT molecular complexity index is 2790. The maximum Gasteiger partial charge on any atom is 0.268 e. The van der Waals surface area contributed by atoms with E-state index in [1.165, 1.54) is 54.7 Å². The van der Waals surface area contributed by atoms with Gasteiger partial charge in [0.2, 0.25) is 0 Å². The van der Waals surface area contributed by atoms with Gasteiger partial charge in [-0.2, -0.15) is 0 Å². The molecule has 13 nitrogen and oxygen atoms in total. The summed E-state index contributed by atoms with van der Waals surface area (Å²) in [5, 5.41) is 16.7. The maximum absolute atomic E-state index is 14.8. The highest BCUT2D eigenvalue weighted by Crippen LogP contribution is 2.49. The van der Waals surface area contributed by atoms with Gasteiger partial charge in [0.15, 0.2) is 11.4 Å². The second-order valence-corrected chi connectivity index (χ2v) is 21.3. The number of halogens is 1. The number of H-pyrrole nitrogens is 1. The van der Waals surface area contributed by atoms with E-state index >= 15 is 0 Å². The molecule has 4 aliphatic rings. The van der Waals surface area contributed by atoms with Crippen LogP contribution >= 0.6 is 0 Å². The molecule has 2 saturated heterocycles. The number of rotatable bonds is 13. The zero-order valence-corrected chi connectivity index (χ0v) is 38.6. The van der Waals surface area contributed by atoms with Crippen LogP contribution < -0.4 is 19.7 Å². The van der Waals surface area contributed by atoms with Crippen molar-refractivity contribution in [2.24, 2.45) is 16.5 Å². The average Bonchev–Trinajstić information content (AvgIpc) is 3.93. The summed E-state index contributed by atoms with van der Waals surface area (Å²) in [6, 6.07) is 19.7. The third-order valence-electron chi connectivity index (χ3n) is 14.7. The fraction of sp³-hybridized carbons (Fsp3) is 0.451. The molecule has 4 N–H and O–H groups in total. The number of pyridine rings is 1. The molecule has 1 spiro atoms. The summed E-state index contributed by atoms with van der Waals surface area (Å²) in [6.45, 7) is 10.6. The molecule has 4 heterocycles. The Hall–Kier alpha value is -5.82. The van der Waals surface area contributed by atoms with E-state index in [-0.39, 0.29) is 55.7 Å². The molecular weight excluding hydrogens is 858 g/mol. The molecule has 15 heteroatoms. The smallest absolute Gasteiger partial charge is 0.268 e. The topological polar surface area (TPSA) is 169 Å². The molecule has 3 aromatic carbocycles. The standard InChI is InChI=1S/C51H58FN7O6S/c1-5-42-47(27-40-41(52)29-54-48(40)55-42)65-46-25-34(58-23-21-51(22-24-58)30-59(31-51)45-12-8-11-38(45)37-10-7-6-9-36(37)32(2)3)13-15-39(46)49(60)57-66(63,64)35-14-16-43(44(26-35)56-62)53-28-33-17-19-50(4,61)20-18-33/h1,6-7,9-10,13-16,25-27,29,32-33,38,45,53,61H,8,11-12,17-24,28,30-31H2,2-4H3,(H,54,55)(H,57,60)/t33?,38-,45-,50?/m0/s1. The summed E-state index contributed by atoms with van der Waals surface area (Å²) in [5.74, 6) is 2.22. The first kappa shape index (κ1) is 45.3. The van der Waals surface area contributed by atoms with Gasteiger partial charge in [-0.15, -0.1) is 11.3 Å². The van der Waals surface area contributed by atoms with Gasteiger partial charge in [0.1, 0.15) is 22.9 Å². The predicted molar refractivity (Wildman–Crippen MR) is 254 cm³/mol. The number of ether oxygens (including phenoxy) is 1. The summed E-state index contributed by atoms with van der Waals surface area (Å²) < 4.78 is 50.8. The van der Waals surface area contributed by atoms with Gasteiger partial charge < -0.3 is 25.0 Å². The van der Waals surface area contributed by atoms with Crippen molar-refractivity contribution in [3.8, 4) is 23.8 Å². The lowest BCUT2D eigenvalue weighted by atomic mass is 9.70. The molecule has 2 atom stereocenters. The summed E-state index contributed by atoms with van der Waals surface area (Å²) in [5.41, 5.74) is 3.67. The number of fused-ring (bicyclic) bond motifs is 1. The van der Waals surface area contributed by atoms with Crippen LogP contribution in [-0.4, -0.2) is 78.7 Å². The number of nitroso groups, excluding NO2 is 1. The molecule has 9 rings (SSSR count). The number of likely N-dealkylation sites (tertiary alicyclic amines) is 1. The van der Waals surface area contributed by atoms with Gasteiger partial charge in [0.05, 0.1) is 27.1 Å². The van der Waals surface area contributed by atoms with Crippen LogP contribution in [0.15, 0.2) is 83.0 Å². The Morgan fingerprint density at radius 2 is 1.79 bits per heavy atom. The highest BCUT2D eigenvalue weighted by molar-refractivity contribution is 7.90. The Morgan fingerprint density at radius 1 is 1.03 bits per heavy atom. The minimum Gasteiger partial charge on any atom is -0.453 e. The van der Waals surface area contributed by atoms with Crippen LogP contribution in [0.4, 0.5) is 21.5 Å². The SMILES string of the molecule is C#Cc1nc2[nH]cc(F)c2cc1Oc1cc(N2CCC3(CC2)CN([C@H]2CCC[C@H]2c2ccccc2C(C)C)C3)ccc1C(=O)NS(=O)(=O)c1ccc(NCC2CCC(C)(O)CC2)c(N=O)c1. The first-order valence-electron chi connectivity index (χ1n) is 23.2. The van der Waals surface area contributed by atoms with Gasteiger partial charge >= 0.3 is 0 Å². The zero-order chi connectivity index (χ0) is 46.4. The minimum absolute atomic E-state index is 0.00289. The van der Waals surface area contributed by atoms with E-state index in [9.17, 15) is 27.6 Å². The number of terminal acetylenes is 1. The number of carbonyl (C=O) groups is 1. The van der Waals surface area contributed by atoms with Gasteiger partial charge in [-0.05, 0) is 140 Å². The average molecular weight is 916 g/mol. The number of nitrogens with zero attached hydrogens (tertiary/aromatic N) is 4. The Labute approximate surface area is 385 Å². The first-order valence-corrected chi connectivity index (χ1v) is 24.7. The Balaban J connectivity index is 0.921. The molecule has 2 aliphatic carbocycles. The number of piperidine rings is 1. The molecule has 0 unspecified atom stereocenters. The third-order valence-corrected chi connectivity index (χ3v) is 16.1. The lowest BCUT2D eigenvalue weighted by Gasteiger charge is -2.57. The second kappa shape index (κ2) is 18.1. The largest absolute Gasteiger partial charge is 0.453 e. The van der Waals surface area contributed by atoms with E-state index in [0.717, 1.165) is 69.8 Å². The van der Waals surface area contributed by atoms with E-state index in [1.807, 2.05) is 6.92 Å². The number of nitrogens with one attached hydrogen (secondary N) is 3. The normalized spacial score (nSPS) is 23.1.